The van der Waals surface area contributed by atoms with Gasteiger partial charge in [-0.2, -0.15) is 5.26 Å². The van der Waals surface area contributed by atoms with Crippen LogP contribution in [0.2, 0.25) is 0 Å². The number of hydrogen-bond donors (Lipinski definition) is 1. The van der Waals surface area contributed by atoms with Gasteiger partial charge in [-0.05, 0) is 54.0 Å². The van der Waals surface area contributed by atoms with Gasteiger partial charge in [0.2, 0.25) is 0 Å². The van der Waals surface area contributed by atoms with E-state index >= 15 is 0 Å². The number of thiazole rings is 1. The van der Waals surface area contributed by atoms with Crippen molar-refractivity contribution in [3.8, 4) is 6.07 Å². The van der Waals surface area contributed by atoms with Crippen LogP contribution in [0.3, 0.4) is 0 Å². The third-order valence-corrected chi connectivity index (χ3v) is 7.78. The van der Waals surface area contributed by atoms with Gasteiger partial charge in [-0.3, -0.25) is 9.36 Å². The number of esters is 1. The Morgan fingerprint density at radius 2 is 1.55 bits per heavy atom. The molecular weight excluding hydrogens is 494 g/mol. The Hall–Kier alpha value is -3.89. The van der Waals surface area contributed by atoms with Gasteiger partial charge in [0.05, 0.1) is 33.8 Å². The number of aromatic nitrogens is 1. The molecule has 2 aromatic carbocycles. The summed E-state index contributed by atoms with van der Waals surface area (Å²) in [6.07, 6.45) is 1.41. The molecule has 0 aliphatic carbocycles. The monoisotopic (exact) mass is 527 g/mol. The molecule has 1 aliphatic heterocycles. The molecule has 1 aliphatic rings. The molecule has 3 aromatic rings. The Bertz CT molecular complexity index is 1610. The van der Waals surface area contributed by atoms with E-state index in [0.717, 1.165) is 16.7 Å². The zero-order valence-corrected chi connectivity index (χ0v) is 23.4. The van der Waals surface area contributed by atoms with Crippen molar-refractivity contribution in [2.24, 2.45) is 5.73 Å². The van der Waals surface area contributed by atoms with E-state index < -0.39 is 11.9 Å². The van der Waals surface area contributed by atoms with E-state index in [2.05, 4.69) is 33.8 Å². The number of nitriles is 1. The molecule has 0 bridgehead atoms. The largest absolute Gasteiger partial charge is 0.460 e. The van der Waals surface area contributed by atoms with Crippen LogP contribution >= 0.6 is 11.3 Å². The lowest BCUT2D eigenvalue weighted by Crippen LogP contribution is -2.40. The molecule has 0 spiro atoms. The number of benzene rings is 2. The molecule has 7 heteroatoms. The fourth-order valence-electron chi connectivity index (χ4n) is 4.56. The fourth-order valence-corrected chi connectivity index (χ4v) is 5.72. The second kappa shape index (κ2) is 10.8. The molecule has 0 radical (unpaired) electrons. The van der Waals surface area contributed by atoms with Crippen LogP contribution in [0.1, 0.15) is 81.5 Å². The van der Waals surface area contributed by atoms with Crippen LogP contribution in [0.5, 0.6) is 0 Å². The van der Waals surface area contributed by atoms with Crippen LogP contribution in [0.4, 0.5) is 0 Å². The second-order valence-electron chi connectivity index (χ2n) is 10.4. The van der Waals surface area contributed by atoms with Crippen molar-refractivity contribution >= 4 is 34.8 Å². The van der Waals surface area contributed by atoms with Crippen molar-refractivity contribution in [3.63, 3.8) is 0 Å². The Morgan fingerprint density at radius 3 is 2.05 bits per heavy atom. The Balaban J connectivity index is 2.01. The summed E-state index contributed by atoms with van der Waals surface area (Å²) in [6, 6.07) is 18.0. The summed E-state index contributed by atoms with van der Waals surface area (Å²) in [5, 5.41) is 10.2. The molecule has 2 heterocycles. The summed E-state index contributed by atoms with van der Waals surface area (Å²) in [5.74, 6) is -0.549. The Morgan fingerprint density at radius 1 is 1.00 bits per heavy atom. The van der Waals surface area contributed by atoms with Crippen molar-refractivity contribution in [3.05, 3.63) is 95.9 Å². The van der Waals surface area contributed by atoms with Crippen molar-refractivity contribution in [1.82, 2.24) is 4.57 Å². The molecule has 1 atom stereocenters. The SMILES string of the molecule is CC(C)OC(=O)C1=c2s/c(=C\c3ccc(C(C)C)cc3)c(=O)n2C(N)=C(C#N)C1c1ccc(C(C)C)cc1. The highest BCUT2D eigenvalue weighted by Gasteiger charge is 2.36. The molecular formula is C31H33N3O3S. The minimum absolute atomic E-state index is 0.0394. The maximum Gasteiger partial charge on any atom is 0.338 e. The number of nitrogens with zero attached hydrogens (tertiary/aromatic N) is 2. The summed E-state index contributed by atoms with van der Waals surface area (Å²) in [7, 11) is 0. The number of rotatable bonds is 6. The van der Waals surface area contributed by atoms with Crippen LogP contribution in [-0.4, -0.2) is 16.6 Å². The van der Waals surface area contributed by atoms with Gasteiger partial charge in [0.1, 0.15) is 10.5 Å². The van der Waals surface area contributed by atoms with Gasteiger partial charge in [0.15, 0.2) is 0 Å². The summed E-state index contributed by atoms with van der Waals surface area (Å²) < 4.78 is 7.72. The van der Waals surface area contributed by atoms with Crippen LogP contribution in [0.15, 0.2) is 58.9 Å². The molecule has 196 valence electrons. The van der Waals surface area contributed by atoms with Crippen LogP contribution in [0, 0.1) is 11.3 Å². The number of fused-ring (bicyclic) bond motifs is 1. The Labute approximate surface area is 227 Å². The van der Waals surface area contributed by atoms with Gasteiger partial charge >= 0.3 is 5.97 Å². The highest BCUT2D eigenvalue weighted by Crippen LogP contribution is 2.37. The van der Waals surface area contributed by atoms with E-state index in [1.807, 2.05) is 48.5 Å². The van der Waals surface area contributed by atoms with Crippen LogP contribution in [-0.2, 0) is 9.53 Å². The van der Waals surface area contributed by atoms with Crippen molar-refractivity contribution in [2.45, 2.75) is 65.4 Å². The van der Waals surface area contributed by atoms with Gasteiger partial charge in [-0.15, -0.1) is 11.3 Å². The van der Waals surface area contributed by atoms with E-state index in [1.54, 1.807) is 19.9 Å². The smallest absolute Gasteiger partial charge is 0.338 e. The van der Waals surface area contributed by atoms with Gasteiger partial charge in [-0.25, -0.2) is 4.79 Å². The minimum Gasteiger partial charge on any atom is -0.460 e. The topological polar surface area (TPSA) is 98.1 Å². The average Bonchev–Trinajstić information content (AvgIpc) is 3.19. The molecule has 4 rings (SSSR count). The fraction of sp³-hybridized carbons (Fsp3) is 0.323. The third kappa shape index (κ3) is 5.09. The summed E-state index contributed by atoms with van der Waals surface area (Å²) in [5.41, 5.74) is 10.5. The highest BCUT2D eigenvalue weighted by atomic mass is 32.1. The molecule has 6 nitrogen and oxygen atoms in total. The lowest BCUT2D eigenvalue weighted by Gasteiger charge is -2.25. The van der Waals surface area contributed by atoms with E-state index in [9.17, 15) is 14.9 Å². The van der Waals surface area contributed by atoms with Gasteiger partial charge in [-0.1, -0.05) is 76.2 Å². The molecule has 0 saturated carbocycles. The van der Waals surface area contributed by atoms with Gasteiger partial charge < -0.3 is 10.5 Å². The molecule has 0 fully saturated rings. The summed E-state index contributed by atoms with van der Waals surface area (Å²) >= 11 is 1.19. The van der Waals surface area contributed by atoms with Gasteiger partial charge in [0, 0.05) is 0 Å². The molecule has 38 heavy (non-hydrogen) atoms. The number of hydrogen-bond acceptors (Lipinski definition) is 6. The quantitative estimate of drug-likeness (QED) is 0.475. The molecule has 1 unspecified atom stereocenters. The molecule has 1 aromatic heterocycles. The zero-order chi connectivity index (χ0) is 27.7. The normalized spacial score (nSPS) is 15.8. The first-order valence-corrected chi connectivity index (χ1v) is 13.6. The molecule has 2 N–H and O–H groups in total. The Kier molecular flexibility index (Phi) is 7.75. The number of carbonyl (C=O) groups is 1. The average molecular weight is 528 g/mol. The third-order valence-electron chi connectivity index (χ3n) is 6.67. The van der Waals surface area contributed by atoms with Gasteiger partial charge in [0.25, 0.3) is 5.56 Å². The number of carbonyl (C=O) groups excluding carboxylic acids is 1. The van der Waals surface area contributed by atoms with E-state index in [-0.39, 0.29) is 28.6 Å². The van der Waals surface area contributed by atoms with E-state index in [0.29, 0.717) is 21.0 Å². The predicted octanol–water partition coefficient (Wildman–Crippen LogP) is 4.54. The maximum atomic E-state index is 13.6. The number of ether oxygens (including phenoxy) is 1. The maximum absolute atomic E-state index is 13.6. The molecule has 0 saturated heterocycles. The first-order valence-electron chi connectivity index (χ1n) is 12.8. The minimum atomic E-state index is -0.747. The summed E-state index contributed by atoms with van der Waals surface area (Å²) in [6.45, 7) is 12.0. The van der Waals surface area contributed by atoms with Crippen molar-refractivity contribution in [2.75, 3.05) is 0 Å². The molecule has 0 amide bonds. The standard InChI is InChI=1S/C31H33N3O3S/c1-17(2)21-9-7-20(8-10-21)15-25-29(35)34-28(33)24(16-32)26(23-13-11-22(12-14-23)18(3)4)27(30(34)38-25)31(36)37-19(5)6/h7-15,17-19,26H,33H2,1-6H3/b25-15-. The number of allylic oxidation sites excluding steroid dienone is 1. The zero-order valence-electron chi connectivity index (χ0n) is 22.6. The lowest BCUT2D eigenvalue weighted by atomic mass is 9.83. The first-order chi connectivity index (χ1) is 18.0. The van der Waals surface area contributed by atoms with Crippen LogP contribution in [0.25, 0.3) is 17.5 Å². The van der Waals surface area contributed by atoms with E-state index in [4.69, 9.17) is 10.5 Å². The first kappa shape index (κ1) is 27.2. The lowest BCUT2D eigenvalue weighted by molar-refractivity contribution is -0.140. The number of nitrogens with two attached hydrogens (primary N) is 1. The van der Waals surface area contributed by atoms with Crippen LogP contribution < -0.4 is 20.5 Å². The summed E-state index contributed by atoms with van der Waals surface area (Å²) in [4.78, 5) is 27.1. The van der Waals surface area contributed by atoms with Crippen molar-refractivity contribution in [1.29, 1.82) is 5.26 Å². The highest BCUT2D eigenvalue weighted by molar-refractivity contribution is 7.07. The predicted molar refractivity (Wildman–Crippen MR) is 153 cm³/mol. The van der Waals surface area contributed by atoms with E-state index in [1.165, 1.54) is 21.5 Å². The second-order valence-corrected chi connectivity index (χ2v) is 11.4. The van der Waals surface area contributed by atoms with Crippen molar-refractivity contribution < 1.29 is 9.53 Å².